The second-order valence-electron chi connectivity index (χ2n) is 6.12. The number of ketones is 1. The average molecular weight is 254 g/mol. The van der Waals surface area contributed by atoms with Gasteiger partial charge in [0.05, 0.1) is 5.92 Å². The maximum absolute atomic E-state index is 12.0. The number of hydrogen-bond donors (Lipinski definition) is 1. The predicted molar refractivity (Wildman–Crippen MR) is 67.3 cm³/mol. The van der Waals surface area contributed by atoms with Crippen LogP contribution in [0.5, 0.6) is 0 Å². The van der Waals surface area contributed by atoms with Crippen LogP contribution < -0.4 is 5.32 Å². The van der Waals surface area contributed by atoms with E-state index >= 15 is 0 Å². The lowest BCUT2D eigenvalue weighted by atomic mass is 9.98. The molecule has 2 heterocycles. The van der Waals surface area contributed by atoms with Gasteiger partial charge in [0.2, 0.25) is 0 Å². The number of Topliss-reactive ketones (excluding diaryl/α,β-unsaturated/α-hetero) is 1. The molecule has 1 N–H and O–H groups in total. The second-order valence-corrected chi connectivity index (χ2v) is 6.12. The van der Waals surface area contributed by atoms with Crippen LogP contribution in [-0.4, -0.2) is 48.1 Å². The molecule has 2 saturated heterocycles. The van der Waals surface area contributed by atoms with Crippen LogP contribution in [0, 0.1) is 5.92 Å². The van der Waals surface area contributed by atoms with Gasteiger partial charge < -0.3 is 15.0 Å². The molecule has 0 spiro atoms. The number of hydrogen-bond acceptors (Lipinski definition) is 4. The van der Waals surface area contributed by atoms with Crippen LogP contribution in [0.25, 0.3) is 0 Å². The summed E-state index contributed by atoms with van der Waals surface area (Å²) in [5, 5.41) is 3.35. The fourth-order valence-corrected chi connectivity index (χ4v) is 2.55. The number of carbonyl (C=O) groups is 2. The first kappa shape index (κ1) is 13.3. The first-order valence-electron chi connectivity index (χ1n) is 6.61. The molecular weight excluding hydrogens is 232 g/mol. The van der Waals surface area contributed by atoms with Gasteiger partial charge in [-0.05, 0) is 33.7 Å². The van der Waals surface area contributed by atoms with Crippen molar-refractivity contribution in [3.8, 4) is 0 Å². The molecule has 0 aromatic rings. The highest BCUT2D eigenvalue weighted by atomic mass is 16.6. The average Bonchev–Trinajstić information content (AvgIpc) is 2.59. The zero-order valence-corrected chi connectivity index (χ0v) is 11.4. The summed E-state index contributed by atoms with van der Waals surface area (Å²) in [7, 11) is 0. The van der Waals surface area contributed by atoms with Crippen LogP contribution in [-0.2, 0) is 9.53 Å². The monoisotopic (exact) mass is 254 g/mol. The Kier molecular flexibility index (Phi) is 3.61. The maximum Gasteiger partial charge on any atom is 0.410 e. The van der Waals surface area contributed by atoms with Gasteiger partial charge in [-0.25, -0.2) is 4.79 Å². The molecule has 0 aliphatic carbocycles. The van der Waals surface area contributed by atoms with Crippen LogP contribution >= 0.6 is 0 Å². The molecule has 5 nitrogen and oxygen atoms in total. The third-order valence-corrected chi connectivity index (χ3v) is 3.39. The molecule has 18 heavy (non-hydrogen) atoms. The lowest BCUT2D eigenvalue weighted by Crippen LogP contribution is -2.39. The van der Waals surface area contributed by atoms with E-state index in [4.69, 9.17) is 4.74 Å². The zero-order valence-electron chi connectivity index (χ0n) is 11.4. The third-order valence-electron chi connectivity index (χ3n) is 3.39. The molecule has 2 rings (SSSR count). The zero-order chi connectivity index (χ0) is 13.3. The number of fused-ring (bicyclic) bond motifs is 1. The summed E-state index contributed by atoms with van der Waals surface area (Å²) in [6.07, 6.45) is 1.21. The normalized spacial score (nSPS) is 28.8. The minimum atomic E-state index is -0.487. The molecule has 5 heteroatoms. The highest BCUT2D eigenvalue weighted by molar-refractivity contribution is 5.83. The number of nitrogens with zero attached hydrogens (tertiary/aromatic N) is 1. The van der Waals surface area contributed by atoms with Gasteiger partial charge in [-0.15, -0.1) is 0 Å². The predicted octanol–water partition coefficient (Wildman–Crippen LogP) is 1.17. The molecule has 2 fully saturated rings. The van der Waals surface area contributed by atoms with Crippen LogP contribution in [0.2, 0.25) is 0 Å². The van der Waals surface area contributed by atoms with Crippen molar-refractivity contribution < 1.29 is 14.3 Å². The lowest BCUT2D eigenvalue weighted by Gasteiger charge is -2.24. The number of amides is 1. The minimum Gasteiger partial charge on any atom is -0.444 e. The Morgan fingerprint density at radius 2 is 2.11 bits per heavy atom. The van der Waals surface area contributed by atoms with Crippen molar-refractivity contribution in [2.45, 2.75) is 45.3 Å². The van der Waals surface area contributed by atoms with Gasteiger partial charge in [0.25, 0.3) is 0 Å². The van der Waals surface area contributed by atoms with Crippen LogP contribution in [0.15, 0.2) is 0 Å². The van der Waals surface area contributed by atoms with Gasteiger partial charge in [-0.2, -0.15) is 0 Å². The maximum atomic E-state index is 12.0. The van der Waals surface area contributed by atoms with E-state index in [9.17, 15) is 9.59 Å². The number of ether oxygens (including phenoxy) is 1. The first-order chi connectivity index (χ1) is 8.37. The number of nitrogens with one attached hydrogen (secondary N) is 1. The second kappa shape index (κ2) is 4.88. The Morgan fingerprint density at radius 1 is 1.39 bits per heavy atom. The molecule has 0 aromatic heterocycles. The summed E-state index contributed by atoms with van der Waals surface area (Å²) < 4.78 is 5.34. The largest absolute Gasteiger partial charge is 0.444 e. The van der Waals surface area contributed by atoms with Crippen molar-refractivity contribution in [1.29, 1.82) is 0 Å². The Labute approximate surface area is 108 Å². The molecule has 0 aromatic carbocycles. The number of likely N-dealkylation sites (tertiary alicyclic amines) is 1. The van der Waals surface area contributed by atoms with E-state index in [0.29, 0.717) is 19.5 Å². The Balaban J connectivity index is 1.99. The molecule has 2 unspecified atom stereocenters. The summed E-state index contributed by atoms with van der Waals surface area (Å²) in [6, 6.07) is 0.104. The SMILES string of the molecule is CC(C)(C)OC(=O)N1CC2NCCCC(=O)C2C1. The van der Waals surface area contributed by atoms with Crippen molar-refractivity contribution in [3.63, 3.8) is 0 Å². The van der Waals surface area contributed by atoms with Gasteiger partial charge in [0.15, 0.2) is 0 Å². The fraction of sp³-hybridized carbons (Fsp3) is 0.846. The summed E-state index contributed by atoms with van der Waals surface area (Å²) in [5.41, 5.74) is -0.487. The van der Waals surface area contributed by atoms with Crippen molar-refractivity contribution >= 4 is 11.9 Å². The quantitative estimate of drug-likeness (QED) is 0.705. The summed E-state index contributed by atoms with van der Waals surface area (Å²) in [5.74, 6) is 0.219. The van der Waals surface area contributed by atoms with E-state index in [0.717, 1.165) is 13.0 Å². The Hall–Kier alpha value is -1.10. The van der Waals surface area contributed by atoms with E-state index in [-0.39, 0.29) is 23.8 Å². The van der Waals surface area contributed by atoms with E-state index in [2.05, 4.69) is 5.32 Å². The van der Waals surface area contributed by atoms with Crippen LogP contribution in [0.1, 0.15) is 33.6 Å². The van der Waals surface area contributed by atoms with E-state index in [1.807, 2.05) is 20.8 Å². The summed E-state index contributed by atoms with van der Waals surface area (Å²) >= 11 is 0. The minimum absolute atomic E-state index is 0.0555. The Bertz CT molecular complexity index is 349. The van der Waals surface area contributed by atoms with Gasteiger partial charge in [-0.3, -0.25) is 4.79 Å². The van der Waals surface area contributed by atoms with E-state index in [1.54, 1.807) is 4.90 Å². The van der Waals surface area contributed by atoms with E-state index in [1.165, 1.54) is 0 Å². The lowest BCUT2D eigenvalue weighted by molar-refractivity contribution is -0.122. The van der Waals surface area contributed by atoms with Crippen molar-refractivity contribution in [3.05, 3.63) is 0 Å². The van der Waals surface area contributed by atoms with Gasteiger partial charge >= 0.3 is 6.09 Å². The van der Waals surface area contributed by atoms with Gasteiger partial charge in [0.1, 0.15) is 11.4 Å². The Morgan fingerprint density at radius 3 is 2.78 bits per heavy atom. The molecule has 2 aliphatic rings. The molecular formula is C13H22N2O3. The summed E-state index contributed by atoms with van der Waals surface area (Å²) in [4.78, 5) is 25.5. The highest BCUT2D eigenvalue weighted by Crippen LogP contribution is 2.24. The third kappa shape index (κ3) is 3.02. The number of rotatable bonds is 0. The van der Waals surface area contributed by atoms with Crippen LogP contribution in [0.4, 0.5) is 4.79 Å². The molecule has 102 valence electrons. The number of carbonyl (C=O) groups excluding carboxylic acids is 2. The van der Waals surface area contributed by atoms with Crippen molar-refractivity contribution in [1.82, 2.24) is 10.2 Å². The van der Waals surface area contributed by atoms with Gasteiger partial charge in [-0.1, -0.05) is 0 Å². The molecule has 0 bridgehead atoms. The topological polar surface area (TPSA) is 58.6 Å². The summed E-state index contributed by atoms with van der Waals surface area (Å²) in [6.45, 7) is 7.47. The molecule has 0 radical (unpaired) electrons. The van der Waals surface area contributed by atoms with Crippen molar-refractivity contribution in [2.24, 2.45) is 5.92 Å². The molecule has 2 atom stereocenters. The molecule has 2 aliphatic heterocycles. The molecule has 1 amide bonds. The smallest absolute Gasteiger partial charge is 0.410 e. The van der Waals surface area contributed by atoms with Gasteiger partial charge in [0, 0.05) is 25.6 Å². The van der Waals surface area contributed by atoms with Crippen LogP contribution in [0.3, 0.4) is 0 Å². The highest BCUT2D eigenvalue weighted by Gasteiger charge is 2.41. The first-order valence-corrected chi connectivity index (χ1v) is 6.61. The molecule has 0 saturated carbocycles. The van der Waals surface area contributed by atoms with Crippen molar-refractivity contribution in [2.75, 3.05) is 19.6 Å². The van der Waals surface area contributed by atoms with E-state index < -0.39 is 5.60 Å². The fourth-order valence-electron chi connectivity index (χ4n) is 2.55. The standard InChI is InChI=1S/C13H22N2O3/c1-13(2,3)18-12(17)15-7-9-10(8-15)14-6-4-5-11(9)16/h9-10,14H,4-8H2,1-3H3.